The number of ether oxygens (including phenoxy) is 1. The Morgan fingerprint density at radius 2 is 1.38 bits per heavy atom. The summed E-state index contributed by atoms with van der Waals surface area (Å²) in [6.45, 7) is 31.0. The van der Waals surface area contributed by atoms with Gasteiger partial charge in [-0.2, -0.15) is 5.43 Å². The molecule has 0 aliphatic carbocycles. The van der Waals surface area contributed by atoms with Crippen molar-refractivity contribution in [2.45, 2.75) is 159 Å². The van der Waals surface area contributed by atoms with E-state index in [0.29, 0.717) is 0 Å². The Kier molecular flexibility index (Phi) is 10.3. The first kappa shape index (κ1) is 38.6. The fourth-order valence-electron chi connectivity index (χ4n) is 4.62. The summed E-state index contributed by atoms with van der Waals surface area (Å²) >= 11 is 0. The van der Waals surface area contributed by atoms with Crippen LogP contribution in [0.2, 0.25) is 54.4 Å². The second-order valence-electron chi connectivity index (χ2n) is 17.1. The van der Waals surface area contributed by atoms with Crippen molar-refractivity contribution in [3.63, 3.8) is 0 Å². The van der Waals surface area contributed by atoms with Gasteiger partial charge in [0, 0.05) is 0 Å². The van der Waals surface area contributed by atoms with Gasteiger partial charge < -0.3 is 44.1 Å². The van der Waals surface area contributed by atoms with Gasteiger partial charge >= 0.3 is 5.97 Å². The van der Waals surface area contributed by atoms with E-state index in [1.54, 1.807) is 9.96 Å². The van der Waals surface area contributed by atoms with E-state index in [2.05, 4.69) is 107 Å². The molecule has 14 nitrogen and oxygen atoms in total. The van der Waals surface area contributed by atoms with Gasteiger partial charge in [-0.3, -0.25) is 5.84 Å². The molecule has 17 heteroatoms. The van der Waals surface area contributed by atoms with Crippen molar-refractivity contribution in [2.24, 2.45) is 21.6 Å². The normalized spacial score (nSPS) is 34.0. The minimum Gasteiger partial charge on any atom is -0.394 e. The Bertz CT molecular complexity index is 1150. The molecular formula is C28H61N7O7Si3. The third-order valence-corrected chi connectivity index (χ3v) is 23.8. The fourth-order valence-corrected chi connectivity index (χ4v) is 8.17. The zero-order chi connectivity index (χ0) is 35.0. The number of fused-ring (bicyclic) bond motifs is 1. The van der Waals surface area contributed by atoms with Crippen molar-refractivity contribution in [3.05, 3.63) is 0 Å². The lowest BCUT2D eigenvalue weighted by Crippen LogP contribution is -2.81. The molecule has 3 aliphatic heterocycles. The minimum atomic E-state index is -2.71. The van der Waals surface area contributed by atoms with E-state index in [0.717, 1.165) is 0 Å². The zero-order valence-corrected chi connectivity index (χ0v) is 33.1. The van der Waals surface area contributed by atoms with Gasteiger partial charge in [0.1, 0.15) is 18.3 Å². The number of nitrogens with two attached hydrogens (primary N) is 2. The summed E-state index contributed by atoms with van der Waals surface area (Å²) in [7, 11) is -8.04. The van der Waals surface area contributed by atoms with Crippen molar-refractivity contribution >= 4 is 37.1 Å². The summed E-state index contributed by atoms with van der Waals surface area (Å²) in [6.07, 6.45) is -4.52. The maximum absolute atomic E-state index is 11.3. The highest BCUT2D eigenvalue weighted by Gasteiger charge is 2.69. The first-order valence-corrected chi connectivity index (χ1v) is 24.4. The van der Waals surface area contributed by atoms with Crippen LogP contribution in [-0.2, 0) is 18.1 Å². The maximum Gasteiger partial charge on any atom is 0.308 e. The average Bonchev–Trinajstić information content (AvgIpc) is 3.36. The van der Waals surface area contributed by atoms with E-state index in [9.17, 15) is 15.3 Å². The summed E-state index contributed by atoms with van der Waals surface area (Å²) in [5, 5.41) is 32.7. The SMILES string of the molecule is CC(C)(C)[Si](C)(C)ON1C2N([C@@H]3O[C@H](CO)[C@@H](O)[C@H]3O)C=NC2(O[Si](C)(C)C(C)(C)C)C(N)=NC1(NN)O[Si](C)(C)C(C)(C)C. The van der Waals surface area contributed by atoms with Crippen LogP contribution >= 0.6 is 0 Å². The van der Waals surface area contributed by atoms with Crippen molar-refractivity contribution in [3.8, 4) is 0 Å². The summed E-state index contributed by atoms with van der Waals surface area (Å²) in [5.74, 6) is 4.59. The molecule has 0 radical (unpaired) electrons. The highest BCUT2D eigenvalue weighted by atomic mass is 28.4. The average molecular weight is 692 g/mol. The zero-order valence-electron chi connectivity index (χ0n) is 30.1. The summed E-state index contributed by atoms with van der Waals surface area (Å²) in [5.41, 5.74) is 8.15. The second-order valence-corrected chi connectivity index (χ2v) is 31.3. The van der Waals surface area contributed by atoms with Crippen LogP contribution < -0.4 is 17.0 Å². The lowest BCUT2D eigenvalue weighted by atomic mass is 10.1. The van der Waals surface area contributed by atoms with Crippen LogP contribution in [0, 0.1) is 0 Å². The largest absolute Gasteiger partial charge is 0.394 e. The molecule has 3 heterocycles. The number of aliphatic imine (C=N–C) groups is 2. The highest BCUT2D eigenvalue weighted by Crippen LogP contribution is 2.50. The maximum atomic E-state index is 11.3. The number of nitrogens with zero attached hydrogens (tertiary/aromatic N) is 4. The number of aliphatic hydroxyl groups is 3. The summed E-state index contributed by atoms with van der Waals surface area (Å²) < 4.78 is 27.3. The van der Waals surface area contributed by atoms with Gasteiger partial charge in [0.15, 0.2) is 34.9 Å². The van der Waals surface area contributed by atoms with Crippen LogP contribution in [0.4, 0.5) is 0 Å². The van der Waals surface area contributed by atoms with Crippen molar-refractivity contribution < 1.29 is 33.4 Å². The fraction of sp³-hybridized carbons (Fsp3) is 0.929. The Labute approximate surface area is 272 Å². The Balaban J connectivity index is 2.40. The molecular weight excluding hydrogens is 631 g/mol. The molecule has 3 aliphatic rings. The number of aliphatic hydroxyl groups excluding tert-OH is 3. The van der Waals surface area contributed by atoms with Gasteiger partial charge in [-0.05, 0) is 54.4 Å². The molecule has 3 unspecified atom stereocenters. The Morgan fingerprint density at radius 1 is 0.889 bits per heavy atom. The molecule has 0 bridgehead atoms. The second kappa shape index (κ2) is 12.0. The molecule has 0 aromatic carbocycles. The van der Waals surface area contributed by atoms with E-state index in [-0.39, 0.29) is 21.0 Å². The number of hydrazine groups is 1. The van der Waals surface area contributed by atoms with Crippen LogP contribution in [0.1, 0.15) is 62.3 Å². The van der Waals surface area contributed by atoms with Crippen LogP contribution in [0.25, 0.3) is 0 Å². The first-order valence-electron chi connectivity index (χ1n) is 15.7. The van der Waals surface area contributed by atoms with Gasteiger partial charge in [0.25, 0.3) is 0 Å². The molecule has 0 spiro atoms. The predicted molar refractivity (Wildman–Crippen MR) is 183 cm³/mol. The van der Waals surface area contributed by atoms with Crippen LogP contribution in [0.3, 0.4) is 0 Å². The van der Waals surface area contributed by atoms with Gasteiger partial charge in [0.05, 0.1) is 12.9 Å². The molecule has 3 rings (SSSR count). The Hall–Kier alpha value is -0.809. The smallest absolute Gasteiger partial charge is 0.308 e. The number of hydrogen-bond acceptors (Lipinski definition) is 14. The number of rotatable bonds is 9. The standard InChI is InChI=1S/C28H61N7O7Si3/c1-24(2,3)43(10,11)40-27-22(29)32-28(33-30,41-44(12,13)25(4,5)6)35(42-45(14,15)26(7,8)9)23(27)34(17-31-27)21-20(38)19(37)18(16-36)39-21/h17-21,23,33,36-38H,16,30H2,1-15H3,(H2,29,32)/t18-,19-,20-,21-,23?,27?,28?/m1/s1. The van der Waals surface area contributed by atoms with E-state index in [1.165, 1.54) is 6.34 Å². The van der Waals surface area contributed by atoms with Crippen LogP contribution in [-0.4, -0.2) is 111 Å². The Morgan fingerprint density at radius 3 is 1.80 bits per heavy atom. The number of nitrogens with one attached hydrogen (secondary N) is 1. The molecule has 0 aromatic heterocycles. The van der Waals surface area contributed by atoms with Crippen molar-refractivity contribution in [1.29, 1.82) is 0 Å². The molecule has 262 valence electrons. The van der Waals surface area contributed by atoms with Crippen LogP contribution in [0.15, 0.2) is 9.98 Å². The number of amidine groups is 1. The van der Waals surface area contributed by atoms with Crippen LogP contribution in [0.5, 0.6) is 0 Å². The van der Waals surface area contributed by atoms with Crippen molar-refractivity contribution in [2.75, 3.05) is 6.61 Å². The first-order chi connectivity index (χ1) is 20.0. The molecule has 45 heavy (non-hydrogen) atoms. The van der Waals surface area contributed by atoms with Gasteiger partial charge in [-0.25, -0.2) is 9.98 Å². The van der Waals surface area contributed by atoms with E-state index < -0.39 is 74.0 Å². The summed E-state index contributed by atoms with van der Waals surface area (Å²) in [4.78, 5) is 11.5. The lowest BCUT2D eigenvalue weighted by Gasteiger charge is -2.58. The van der Waals surface area contributed by atoms with Gasteiger partial charge in [-0.15, -0.1) is 5.06 Å². The number of hydroxylamine groups is 2. The summed E-state index contributed by atoms with van der Waals surface area (Å²) in [6, 6.07) is 0. The third-order valence-electron chi connectivity index (χ3n) is 10.7. The molecule has 7 atom stereocenters. The molecule has 1 fully saturated rings. The molecule has 0 amide bonds. The van der Waals surface area contributed by atoms with Gasteiger partial charge in [-0.1, -0.05) is 62.3 Å². The third kappa shape index (κ3) is 6.62. The van der Waals surface area contributed by atoms with E-state index >= 15 is 0 Å². The van der Waals surface area contributed by atoms with Gasteiger partial charge in [0.2, 0.25) is 14.0 Å². The molecule has 8 N–H and O–H groups in total. The molecule has 0 saturated carbocycles. The topological polar surface area (TPSA) is 193 Å². The minimum absolute atomic E-state index is 0.00885. The number of hydrogen-bond donors (Lipinski definition) is 6. The van der Waals surface area contributed by atoms with E-state index in [1.807, 2.05) is 0 Å². The monoisotopic (exact) mass is 691 g/mol. The lowest BCUT2D eigenvalue weighted by molar-refractivity contribution is -0.321. The quantitative estimate of drug-likeness (QED) is 0.0897. The molecule has 1 saturated heterocycles. The highest BCUT2D eigenvalue weighted by molar-refractivity contribution is 6.75. The predicted octanol–water partition coefficient (Wildman–Crippen LogP) is 2.52. The molecule has 0 aromatic rings. The van der Waals surface area contributed by atoms with E-state index in [4.69, 9.17) is 39.7 Å². The van der Waals surface area contributed by atoms with Crippen molar-refractivity contribution in [1.82, 2.24) is 15.4 Å².